The normalized spacial score (nSPS) is 20.6. The molecule has 8 heteroatoms. The highest BCUT2D eigenvalue weighted by Gasteiger charge is 2.28. The summed E-state index contributed by atoms with van der Waals surface area (Å²) >= 11 is 0. The van der Waals surface area contributed by atoms with E-state index in [4.69, 9.17) is 4.74 Å². The van der Waals surface area contributed by atoms with Gasteiger partial charge in [0.15, 0.2) is 0 Å². The van der Waals surface area contributed by atoms with Crippen molar-refractivity contribution in [2.75, 3.05) is 33.0 Å². The van der Waals surface area contributed by atoms with Gasteiger partial charge in [-0.1, -0.05) is 0 Å². The van der Waals surface area contributed by atoms with E-state index in [2.05, 4.69) is 10.3 Å². The van der Waals surface area contributed by atoms with Crippen LogP contribution in [0.25, 0.3) is 0 Å². The summed E-state index contributed by atoms with van der Waals surface area (Å²) in [5.74, 6) is -0.216. The van der Waals surface area contributed by atoms with Crippen molar-refractivity contribution in [3.63, 3.8) is 0 Å². The predicted molar refractivity (Wildman–Crippen MR) is 72.7 cm³/mol. The van der Waals surface area contributed by atoms with Crippen LogP contribution in [0.3, 0.4) is 0 Å². The third kappa shape index (κ3) is 3.33. The molecule has 110 valence electrons. The molecule has 1 aromatic heterocycles. The molecule has 1 saturated heterocycles. The minimum atomic E-state index is -3.23. The second kappa shape index (κ2) is 5.86. The van der Waals surface area contributed by atoms with Gasteiger partial charge in [0.2, 0.25) is 10.0 Å². The Bertz CT molecular complexity index is 585. The van der Waals surface area contributed by atoms with E-state index < -0.39 is 16.1 Å². The van der Waals surface area contributed by atoms with Crippen molar-refractivity contribution < 1.29 is 17.9 Å². The Labute approximate surface area is 118 Å². The first-order valence-corrected chi connectivity index (χ1v) is 8.01. The highest BCUT2D eigenvalue weighted by Crippen LogP contribution is 2.22. The van der Waals surface area contributed by atoms with E-state index in [0.29, 0.717) is 24.4 Å². The largest absolute Gasteiger partial charge is 0.369 e. The highest BCUT2D eigenvalue weighted by molar-refractivity contribution is 7.88. The Balaban J connectivity index is 2.13. The second-order valence-corrected chi connectivity index (χ2v) is 6.51. The number of aromatic nitrogens is 1. The van der Waals surface area contributed by atoms with Gasteiger partial charge in [-0.15, -0.1) is 0 Å². The molecule has 1 amide bonds. The van der Waals surface area contributed by atoms with Gasteiger partial charge in [-0.05, 0) is 12.1 Å². The smallest absolute Gasteiger partial charge is 0.252 e. The van der Waals surface area contributed by atoms with Crippen molar-refractivity contribution in [2.45, 2.75) is 6.10 Å². The van der Waals surface area contributed by atoms with Crippen LogP contribution < -0.4 is 5.32 Å². The quantitative estimate of drug-likeness (QED) is 0.833. The number of ether oxygens (including phenoxy) is 1. The number of sulfonamides is 1. The number of morpholine rings is 1. The van der Waals surface area contributed by atoms with Crippen LogP contribution in [0.1, 0.15) is 22.2 Å². The van der Waals surface area contributed by atoms with Crippen LogP contribution in [0, 0.1) is 0 Å². The van der Waals surface area contributed by atoms with Gasteiger partial charge >= 0.3 is 0 Å². The lowest BCUT2D eigenvalue weighted by Crippen LogP contribution is -2.41. The van der Waals surface area contributed by atoms with Crippen LogP contribution >= 0.6 is 0 Å². The molecule has 1 aromatic rings. The summed E-state index contributed by atoms with van der Waals surface area (Å²) in [6.45, 7) is 0.924. The number of carbonyl (C=O) groups excluding carboxylic acids is 1. The van der Waals surface area contributed by atoms with E-state index in [1.54, 1.807) is 19.2 Å². The van der Waals surface area contributed by atoms with E-state index in [9.17, 15) is 13.2 Å². The second-order valence-electron chi connectivity index (χ2n) is 4.53. The fourth-order valence-corrected chi connectivity index (χ4v) is 2.79. The maximum Gasteiger partial charge on any atom is 0.252 e. The van der Waals surface area contributed by atoms with Gasteiger partial charge in [0.05, 0.1) is 24.1 Å². The molecule has 0 aromatic carbocycles. The van der Waals surface area contributed by atoms with Gasteiger partial charge in [-0.25, -0.2) is 8.42 Å². The fourth-order valence-electron chi connectivity index (χ4n) is 1.98. The first-order valence-electron chi connectivity index (χ1n) is 6.16. The van der Waals surface area contributed by atoms with E-state index in [1.807, 2.05) is 0 Å². The first-order chi connectivity index (χ1) is 9.41. The average molecular weight is 299 g/mol. The third-order valence-electron chi connectivity index (χ3n) is 3.10. The number of amides is 1. The zero-order valence-electron chi connectivity index (χ0n) is 11.4. The molecule has 1 aliphatic heterocycles. The molecule has 0 aliphatic carbocycles. The van der Waals surface area contributed by atoms with Gasteiger partial charge in [-0.2, -0.15) is 4.31 Å². The molecule has 1 fully saturated rings. The molecular weight excluding hydrogens is 282 g/mol. The molecule has 20 heavy (non-hydrogen) atoms. The van der Waals surface area contributed by atoms with E-state index in [-0.39, 0.29) is 12.5 Å². The Kier molecular flexibility index (Phi) is 4.36. The Morgan fingerprint density at radius 3 is 2.80 bits per heavy atom. The van der Waals surface area contributed by atoms with Gasteiger partial charge in [0, 0.05) is 26.3 Å². The summed E-state index contributed by atoms with van der Waals surface area (Å²) in [7, 11) is -1.68. The van der Waals surface area contributed by atoms with Crippen LogP contribution in [0.5, 0.6) is 0 Å². The van der Waals surface area contributed by atoms with Gasteiger partial charge in [-0.3, -0.25) is 9.78 Å². The fraction of sp³-hybridized carbons (Fsp3) is 0.500. The molecule has 1 atom stereocenters. The number of nitrogens with one attached hydrogen (secondary N) is 1. The summed E-state index contributed by atoms with van der Waals surface area (Å²) in [6.07, 6.45) is 2.23. The topological polar surface area (TPSA) is 88.6 Å². The Hall–Kier alpha value is -1.51. The number of carbonyl (C=O) groups is 1. The SMILES string of the molecule is CNC(=O)c1ccc([C@H]2CN(S(C)(=O)=O)CCO2)nc1. The number of hydrogen-bond acceptors (Lipinski definition) is 5. The number of rotatable bonds is 3. The molecule has 7 nitrogen and oxygen atoms in total. The van der Waals surface area contributed by atoms with Crippen molar-refractivity contribution >= 4 is 15.9 Å². The van der Waals surface area contributed by atoms with Gasteiger partial charge in [0.25, 0.3) is 5.91 Å². The van der Waals surface area contributed by atoms with Crippen molar-refractivity contribution in [1.29, 1.82) is 0 Å². The molecular formula is C12H17N3O4S. The van der Waals surface area contributed by atoms with Crippen LogP contribution in [0.4, 0.5) is 0 Å². The molecule has 0 radical (unpaired) electrons. The highest BCUT2D eigenvalue weighted by atomic mass is 32.2. The molecule has 0 saturated carbocycles. The summed E-state index contributed by atoms with van der Waals surface area (Å²) in [6, 6.07) is 3.32. The van der Waals surface area contributed by atoms with Gasteiger partial charge in [0.1, 0.15) is 6.10 Å². The van der Waals surface area contributed by atoms with Crippen molar-refractivity contribution in [2.24, 2.45) is 0 Å². The summed E-state index contributed by atoms with van der Waals surface area (Å²) < 4.78 is 30.0. The molecule has 0 unspecified atom stereocenters. The van der Waals surface area contributed by atoms with Crippen LogP contribution in [-0.2, 0) is 14.8 Å². The van der Waals surface area contributed by atoms with E-state index >= 15 is 0 Å². The lowest BCUT2D eigenvalue weighted by Gasteiger charge is -2.30. The zero-order valence-corrected chi connectivity index (χ0v) is 12.2. The molecule has 0 spiro atoms. The summed E-state index contributed by atoms with van der Waals surface area (Å²) in [5.41, 5.74) is 1.07. The molecule has 2 heterocycles. The van der Waals surface area contributed by atoms with Crippen LogP contribution in [0.2, 0.25) is 0 Å². The molecule has 2 rings (SSSR count). The van der Waals surface area contributed by atoms with Gasteiger partial charge < -0.3 is 10.1 Å². The lowest BCUT2D eigenvalue weighted by molar-refractivity contribution is -0.00474. The minimum absolute atomic E-state index is 0.216. The van der Waals surface area contributed by atoms with E-state index in [1.165, 1.54) is 16.8 Å². The Morgan fingerprint density at radius 1 is 1.50 bits per heavy atom. The summed E-state index contributed by atoms with van der Waals surface area (Å²) in [4.78, 5) is 15.6. The molecule has 1 N–H and O–H groups in total. The first kappa shape index (κ1) is 14.9. The average Bonchev–Trinajstić information content (AvgIpc) is 2.46. The standard InChI is InChI=1S/C12H17N3O4S/c1-13-12(16)9-3-4-10(14-7-9)11-8-15(5-6-19-11)20(2,17)18/h3-4,7,11H,5-6,8H2,1-2H3,(H,13,16)/t11-/m1/s1. The number of hydrogen-bond donors (Lipinski definition) is 1. The molecule has 0 bridgehead atoms. The predicted octanol–water partition coefficient (Wildman–Crippen LogP) is -0.226. The minimum Gasteiger partial charge on any atom is -0.369 e. The van der Waals surface area contributed by atoms with Crippen LogP contribution in [-0.4, -0.2) is 56.6 Å². The Morgan fingerprint density at radius 2 is 2.25 bits per heavy atom. The maximum absolute atomic E-state index is 11.5. The monoisotopic (exact) mass is 299 g/mol. The van der Waals surface area contributed by atoms with E-state index in [0.717, 1.165) is 0 Å². The number of nitrogens with zero attached hydrogens (tertiary/aromatic N) is 2. The maximum atomic E-state index is 11.5. The summed E-state index contributed by atoms with van der Waals surface area (Å²) in [5, 5.41) is 2.51. The van der Waals surface area contributed by atoms with Crippen molar-refractivity contribution in [1.82, 2.24) is 14.6 Å². The lowest BCUT2D eigenvalue weighted by atomic mass is 10.1. The molecule has 1 aliphatic rings. The number of pyridine rings is 1. The van der Waals surface area contributed by atoms with Crippen molar-refractivity contribution in [3.05, 3.63) is 29.6 Å². The zero-order chi connectivity index (χ0) is 14.8. The van der Waals surface area contributed by atoms with Crippen molar-refractivity contribution in [3.8, 4) is 0 Å². The third-order valence-corrected chi connectivity index (χ3v) is 4.37. The van der Waals surface area contributed by atoms with Crippen LogP contribution in [0.15, 0.2) is 18.3 Å².